The zero-order chi connectivity index (χ0) is 10.5. The average Bonchev–Trinajstić information content (AvgIpc) is 1.95. The Labute approximate surface area is 76.8 Å². The fraction of sp³-hybridized carbons (Fsp3) is 0.833. The van der Waals surface area contributed by atoms with Gasteiger partial charge in [0.15, 0.2) is 0 Å². The molecule has 0 spiro atoms. The number of hydrogen-bond acceptors (Lipinski definition) is 6. The molecule has 0 rings (SSSR count). The van der Waals surface area contributed by atoms with Gasteiger partial charge in [-0.05, 0) is 0 Å². The van der Waals surface area contributed by atoms with Gasteiger partial charge in [0.25, 0.3) is 0 Å². The molecule has 0 aliphatic carbocycles. The van der Waals surface area contributed by atoms with Gasteiger partial charge in [0.2, 0.25) is 0 Å². The van der Waals surface area contributed by atoms with E-state index in [1.165, 1.54) is 6.92 Å². The van der Waals surface area contributed by atoms with Crippen molar-refractivity contribution in [2.45, 2.75) is 26.4 Å². The van der Waals surface area contributed by atoms with Gasteiger partial charge in [0.1, 0.15) is 0 Å². The zero-order valence-electron chi connectivity index (χ0n) is 7.56. The van der Waals surface area contributed by atoms with Crippen molar-refractivity contribution in [2.24, 2.45) is 0 Å². The molecule has 0 amide bonds. The van der Waals surface area contributed by atoms with Crippen LogP contribution in [0.25, 0.3) is 0 Å². The Balaban J connectivity index is 3.83. The normalized spacial score (nSPS) is 15.2. The molecular formula is C6H15O6P. The molecule has 0 heterocycles. The number of rotatable bonds is 5. The molecule has 0 fully saturated rings. The molecule has 1 unspecified atom stereocenters. The van der Waals surface area contributed by atoms with Crippen molar-refractivity contribution in [2.75, 3.05) is 6.61 Å². The first-order valence-corrected chi connectivity index (χ1v) is 5.58. The number of carbonyl (C=O) groups excluding carboxylic acids is 1. The fourth-order valence-corrected chi connectivity index (χ4v) is 1.35. The molecule has 0 saturated carbocycles. The summed E-state index contributed by atoms with van der Waals surface area (Å²) in [6.07, 6.45) is -0.278. The number of hydrogen-bond donors (Lipinski definition) is 3. The van der Waals surface area contributed by atoms with Crippen molar-refractivity contribution in [3.63, 3.8) is 0 Å². The van der Waals surface area contributed by atoms with E-state index in [1.807, 2.05) is 0 Å². The van der Waals surface area contributed by atoms with Crippen molar-refractivity contribution in [1.82, 2.24) is 0 Å². The maximum absolute atomic E-state index is 10.4. The Bertz CT molecular complexity index is 165. The summed E-state index contributed by atoms with van der Waals surface area (Å²) in [5.74, 6) is -0.483. The van der Waals surface area contributed by atoms with Crippen LogP contribution in [0.15, 0.2) is 0 Å². The van der Waals surface area contributed by atoms with E-state index in [9.17, 15) is 4.79 Å². The van der Waals surface area contributed by atoms with E-state index in [0.717, 1.165) is 0 Å². The third-order valence-corrected chi connectivity index (χ3v) is 1.90. The van der Waals surface area contributed by atoms with E-state index >= 15 is 0 Å². The molecule has 0 bridgehead atoms. The van der Waals surface area contributed by atoms with Crippen LogP contribution in [0.5, 0.6) is 0 Å². The van der Waals surface area contributed by atoms with Gasteiger partial charge in [-0.25, -0.2) is 0 Å². The predicted octanol–water partition coefficient (Wildman–Crippen LogP) is -0.269. The Hall–Kier alpha value is -0.260. The van der Waals surface area contributed by atoms with Crippen LogP contribution < -0.4 is 0 Å². The Morgan fingerprint density at radius 1 is 1.46 bits per heavy atom. The molecule has 7 heteroatoms. The van der Waals surface area contributed by atoms with Crippen molar-refractivity contribution in [3.05, 3.63) is 0 Å². The summed E-state index contributed by atoms with van der Waals surface area (Å²) in [4.78, 5) is 36.1. The predicted molar refractivity (Wildman–Crippen MR) is 46.8 cm³/mol. The topological polar surface area (TPSA) is 96.2 Å². The first-order valence-electron chi connectivity index (χ1n) is 3.83. The molecule has 3 N–H and O–H groups in total. The van der Waals surface area contributed by atoms with Crippen molar-refractivity contribution in [3.8, 4) is 0 Å². The monoisotopic (exact) mass is 214 g/mol. The van der Waals surface area contributed by atoms with Gasteiger partial charge in [0.05, 0.1) is 0 Å². The fourth-order valence-electron chi connectivity index (χ4n) is 0.669. The molecule has 6 nitrogen and oxygen atoms in total. The second-order valence-electron chi connectivity index (χ2n) is 2.52. The van der Waals surface area contributed by atoms with Crippen LogP contribution in [0.3, 0.4) is 0 Å². The van der Waals surface area contributed by atoms with Gasteiger partial charge in [0, 0.05) is 0 Å². The van der Waals surface area contributed by atoms with Crippen LogP contribution in [0.2, 0.25) is 0 Å². The van der Waals surface area contributed by atoms with Crippen LogP contribution >= 0.6 is 8.17 Å². The van der Waals surface area contributed by atoms with Gasteiger partial charge < -0.3 is 0 Å². The molecule has 0 aliphatic heterocycles. The van der Waals surface area contributed by atoms with E-state index in [-0.39, 0.29) is 6.61 Å². The average molecular weight is 214 g/mol. The van der Waals surface area contributed by atoms with Crippen LogP contribution in [0, 0.1) is 0 Å². The minimum absolute atomic E-state index is 0.0950. The summed E-state index contributed by atoms with van der Waals surface area (Å²) in [6, 6.07) is 0. The van der Waals surface area contributed by atoms with Gasteiger partial charge in [-0.3, -0.25) is 0 Å². The Kier molecular flexibility index (Phi) is 5.36. The summed E-state index contributed by atoms with van der Waals surface area (Å²) in [6.45, 7) is 2.84. The molecule has 0 radical (unpaired) electrons. The Morgan fingerprint density at radius 2 is 2.00 bits per heavy atom. The zero-order valence-corrected chi connectivity index (χ0v) is 8.56. The second kappa shape index (κ2) is 5.47. The molecule has 0 aromatic rings. The second-order valence-corrected chi connectivity index (χ2v) is 3.91. The molecule has 0 aromatic carbocycles. The van der Waals surface area contributed by atoms with Crippen molar-refractivity contribution < 1.29 is 28.7 Å². The Morgan fingerprint density at radius 3 is 2.31 bits per heavy atom. The van der Waals surface area contributed by atoms with E-state index in [2.05, 4.69) is 9.26 Å². The molecule has 0 aliphatic rings. The van der Waals surface area contributed by atoms with Gasteiger partial charge >= 0.3 is 75.9 Å². The number of esters is 1. The molecular weight excluding hydrogens is 199 g/mol. The summed E-state index contributed by atoms with van der Waals surface area (Å²) in [5.41, 5.74) is 0. The van der Waals surface area contributed by atoms with Crippen LogP contribution in [-0.2, 0) is 14.1 Å². The minimum atomic E-state index is -4.50. The first-order chi connectivity index (χ1) is 5.85. The SMILES string of the molecule is CCC(COC(C)=O)O[PH](O)(O)O. The number of ether oxygens (including phenoxy) is 1. The van der Waals surface area contributed by atoms with Gasteiger partial charge in [-0.15, -0.1) is 0 Å². The van der Waals surface area contributed by atoms with Crippen LogP contribution in [0.1, 0.15) is 20.3 Å². The van der Waals surface area contributed by atoms with E-state index < -0.39 is 20.2 Å². The molecule has 0 saturated heterocycles. The summed E-state index contributed by atoms with van der Waals surface area (Å²) in [7, 11) is -4.50. The summed E-state index contributed by atoms with van der Waals surface area (Å²) >= 11 is 0. The summed E-state index contributed by atoms with van der Waals surface area (Å²) < 4.78 is 9.03. The van der Waals surface area contributed by atoms with Crippen LogP contribution in [0.4, 0.5) is 0 Å². The molecule has 1 atom stereocenters. The molecule has 0 aromatic heterocycles. The number of carbonyl (C=O) groups is 1. The summed E-state index contributed by atoms with van der Waals surface area (Å²) in [5, 5.41) is 0. The third-order valence-electron chi connectivity index (χ3n) is 1.25. The van der Waals surface area contributed by atoms with E-state index in [4.69, 9.17) is 14.7 Å². The standard InChI is InChI=1S/C6H15O6P/c1-3-6(4-11-5(2)7)12-13(8,9)10/h6,8-10,13H,3-4H2,1-2H3. The first kappa shape index (κ1) is 12.7. The molecule has 13 heavy (non-hydrogen) atoms. The van der Waals surface area contributed by atoms with Gasteiger partial charge in [-0.2, -0.15) is 0 Å². The van der Waals surface area contributed by atoms with Crippen LogP contribution in [-0.4, -0.2) is 33.4 Å². The quantitative estimate of drug-likeness (QED) is 0.430. The van der Waals surface area contributed by atoms with Crippen molar-refractivity contribution in [1.29, 1.82) is 0 Å². The van der Waals surface area contributed by atoms with Gasteiger partial charge in [-0.1, -0.05) is 0 Å². The molecule has 80 valence electrons. The maximum atomic E-state index is 10.4. The van der Waals surface area contributed by atoms with Crippen molar-refractivity contribution >= 4 is 14.1 Å². The van der Waals surface area contributed by atoms with E-state index in [0.29, 0.717) is 6.42 Å². The van der Waals surface area contributed by atoms with E-state index in [1.54, 1.807) is 6.92 Å². The third kappa shape index (κ3) is 8.08.